The average Bonchev–Trinajstić information content (AvgIpc) is 3.14. The van der Waals surface area contributed by atoms with E-state index in [4.69, 9.17) is 14.4 Å². The number of thiophene rings is 1. The smallest absolute Gasteiger partial charge is 0.262 e. The van der Waals surface area contributed by atoms with Crippen LogP contribution < -0.4 is 9.88 Å². The van der Waals surface area contributed by atoms with Gasteiger partial charge in [-0.1, -0.05) is 5.16 Å². The third-order valence-electron chi connectivity index (χ3n) is 3.12. The molecule has 0 aliphatic carbocycles. The highest BCUT2D eigenvalue weighted by Crippen LogP contribution is 2.33. The number of primary sulfonamides is 1. The number of nitrogens with zero attached hydrogens (tertiary/aromatic N) is 2. The van der Waals surface area contributed by atoms with Gasteiger partial charge in [-0.25, -0.2) is 13.6 Å². The summed E-state index contributed by atoms with van der Waals surface area (Å²) < 4.78 is 33.3. The lowest BCUT2D eigenvalue weighted by atomic mass is 10.2. The summed E-state index contributed by atoms with van der Waals surface area (Å²) in [5, 5.41) is 9.07. The highest BCUT2D eigenvalue weighted by Gasteiger charge is 2.18. The molecule has 2 N–H and O–H groups in total. The molecule has 120 valence electrons. The molecule has 0 saturated carbocycles. The molecule has 7 nitrogen and oxygen atoms in total. The summed E-state index contributed by atoms with van der Waals surface area (Å²) in [4.78, 5) is 6.31. The molecule has 3 rings (SSSR count). The molecule has 0 aliphatic heterocycles. The number of hydrogen-bond donors (Lipinski definition) is 1. The van der Waals surface area contributed by atoms with Gasteiger partial charge < -0.3 is 9.26 Å². The second-order valence-electron chi connectivity index (χ2n) is 4.74. The first-order valence-electron chi connectivity index (χ1n) is 6.50. The summed E-state index contributed by atoms with van der Waals surface area (Å²) in [6, 6.07) is 8.10. The minimum atomic E-state index is -3.81. The lowest BCUT2D eigenvalue weighted by Gasteiger charge is -2.06. The van der Waals surface area contributed by atoms with E-state index in [9.17, 15) is 8.42 Å². The van der Waals surface area contributed by atoms with Crippen LogP contribution in [0.2, 0.25) is 0 Å². The minimum absolute atomic E-state index is 0.0493. The van der Waals surface area contributed by atoms with Crippen molar-refractivity contribution in [3.05, 3.63) is 35.2 Å². The van der Waals surface area contributed by atoms with Crippen molar-refractivity contribution in [2.75, 3.05) is 7.11 Å². The largest absolute Gasteiger partial charge is 0.496 e. The van der Waals surface area contributed by atoms with Gasteiger partial charge >= 0.3 is 0 Å². The number of aryl methyl sites for hydroxylation is 1. The molecule has 3 aromatic rings. The van der Waals surface area contributed by atoms with E-state index in [1.807, 2.05) is 19.1 Å². The van der Waals surface area contributed by atoms with Crippen molar-refractivity contribution < 1.29 is 17.7 Å². The Hall–Kier alpha value is -2.23. The maximum Gasteiger partial charge on any atom is 0.262 e. The van der Waals surface area contributed by atoms with Gasteiger partial charge in [0.05, 0.1) is 22.4 Å². The highest BCUT2D eigenvalue weighted by molar-refractivity contribution is 7.89. The van der Waals surface area contributed by atoms with Gasteiger partial charge in [0, 0.05) is 10.9 Å². The van der Waals surface area contributed by atoms with Crippen LogP contribution >= 0.6 is 11.3 Å². The van der Waals surface area contributed by atoms with Gasteiger partial charge in [-0.3, -0.25) is 0 Å². The number of benzene rings is 1. The van der Waals surface area contributed by atoms with E-state index in [2.05, 4.69) is 10.1 Å². The third-order valence-corrected chi connectivity index (χ3v) is 5.03. The van der Waals surface area contributed by atoms with Crippen molar-refractivity contribution in [3.63, 3.8) is 0 Å². The standard InChI is InChI=1S/C14H13N3O4S2/c1-8-3-6-12(22-8)13-16-14(21-17-13)10-5-4-9(23(15,18)19)7-11(10)20-2/h3-7H,1-2H3,(H2,15,18,19). The average molecular weight is 351 g/mol. The van der Waals surface area contributed by atoms with Gasteiger partial charge in [-0.05, 0) is 31.2 Å². The first kappa shape index (κ1) is 15.7. The number of ether oxygens (including phenoxy) is 1. The molecule has 0 radical (unpaired) electrons. The SMILES string of the molecule is COc1cc(S(N)(=O)=O)ccc1-c1nc(-c2ccc(C)s2)no1. The molecule has 0 unspecified atom stereocenters. The fraction of sp³-hybridized carbons (Fsp3) is 0.143. The van der Waals surface area contributed by atoms with E-state index in [-0.39, 0.29) is 16.5 Å². The summed E-state index contributed by atoms with van der Waals surface area (Å²) in [5.41, 5.74) is 0.493. The molecule has 0 saturated heterocycles. The van der Waals surface area contributed by atoms with Gasteiger partial charge in [0.15, 0.2) is 0 Å². The first-order chi connectivity index (χ1) is 10.9. The van der Waals surface area contributed by atoms with E-state index in [0.29, 0.717) is 11.4 Å². The van der Waals surface area contributed by atoms with Crippen molar-refractivity contribution in [1.82, 2.24) is 10.1 Å². The predicted octanol–water partition coefficient (Wildman–Crippen LogP) is 2.43. The molecule has 0 fully saturated rings. The molecule has 0 amide bonds. The molecule has 2 heterocycles. The topological polar surface area (TPSA) is 108 Å². The van der Waals surface area contributed by atoms with E-state index >= 15 is 0 Å². The lowest BCUT2D eigenvalue weighted by molar-refractivity contribution is 0.404. The van der Waals surface area contributed by atoms with Gasteiger partial charge in [0.1, 0.15) is 5.75 Å². The van der Waals surface area contributed by atoms with Crippen LogP contribution in [0.1, 0.15) is 4.88 Å². The summed E-state index contributed by atoms with van der Waals surface area (Å²) in [6.45, 7) is 1.99. The number of hydrogen-bond acceptors (Lipinski definition) is 7. The Morgan fingerprint density at radius 2 is 2.04 bits per heavy atom. The van der Waals surface area contributed by atoms with Crippen LogP contribution in [0, 0.1) is 6.92 Å². The van der Waals surface area contributed by atoms with Crippen LogP contribution in [-0.4, -0.2) is 25.7 Å². The number of aromatic nitrogens is 2. The molecule has 1 aromatic carbocycles. The normalized spacial score (nSPS) is 11.6. The third kappa shape index (κ3) is 3.11. The number of nitrogens with two attached hydrogens (primary N) is 1. The molecule has 0 aliphatic rings. The molecule has 2 aromatic heterocycles. The highest BCUT2D eigenvalue weighted by atomic mass is 32.2. The zero-order valence-corrected chi connectivity index (χ0v) is 13.9. The molecular formula is C14H13N3O4S2. The van der Waals surface area contributed by atoms with Crippen molar-refractivity contribution in [3.8, 4) is 27.9 Å². The Bertz CT molecular complexity index is 960. The Morgan fingerprint density at radius 3 is 2.65 bits per heavy atom. The van der Waals surface area contributed by atoms with E-state index in [1.54, 1.807) is 11.3 Å². The van der Waals surface area contributed by atoms with Crippen LogP contribution in [0.4, 0.5) is 0 Å². The second-order valence-corrected chi connectivity index (χ2v) is 7.59. The van der Waals surface area contributed by atoms with Crippen LogP contribution in [0.3, 0.4) is 0 Å². The minimum Gasteiger partial charge on any atom is -0.496 e. The van der Waals surface area contributed by atoms with Gasteiger partial charge in [-0.15, -0.1) is 11.3 Å². The Balaban J connectivity index is 2.04. The summed E-state index contributed by atoms with van der Waals surface area (Å²) in [6.07, 6.45) is 0. The fourth-order valence-corrected chi connectivity index (χ4v) is 3.34. The number of methoxy groups -OCH3 is 1. The summed E-state index contributed by atoms with van der Waals surface area (Å²) in [7, 11) is -2.39. The summed E-state index contributed by atoms with van der Waals surface area (Å²) in [5.74, 6) is 0.994. The molecule has 9 heteroatoms. The van der Waals surface area contributed by atoms with Crippen molar-refractivity contribution >= 4 is 21.4 Å². The van der Waals surface area contributed by atoms with Crippen molar-refractivity contribution in [2.45, 2.75) is 11.8 Å². The summed E-state index contributed by atoms with van der Waals surface area (Å²) >= 11 is 1.55. The van der Waals surface area contributed by atoms with E-state index < -0.39 is 10.0 Å². The molecule has 0 bridgehead atoms. The Labute approximate surface area is 136 Å². The Morgan fingerprint density at radius 1 is 1.26 bits per heavy atom. The van der Waals surface area contributed by atoms with E-state index in [0.717, 1.165) is 9.75 Å². The van der Waals surface area contributed by atoms with Crippen LogP contribution in [0.15, 0.2) is 39.8 Å². The fourth-order valence-electron chi connectivity index (χ4n) is 2.01. The second kappa shape index (κ2) is 5.76. The number of sulfonamides is 1. The first-order valence-corrected chi connectivity index (χ1v) is 8.86. The molecule has 0 atom stereocenters. The van der Waals surface area contributed by atoms with Crippen molar-refractivity contribution in [2.24, 2.45) is 5.14 Å². The van der Waals surface area contributed by atoms with Gasteiger partial charge in [-0.2, -0.15) is 4.98 Å². The van der Waals surface area contributed by atoms with Crippen LogP contribution in [0.5, 0.6) is 5.75 Å². The van der Waals surface area contributed by atoms with Crippen LogP contribution in [0.25, 0.3) is 22.2 Å². The maximum absolute atomic E-state index is 11.4. The van der Waals surface area contributed by atoms with Gasteiger partial charge in [0.25, 0.3) is 5.89 Å². The zero-order chi connectivity index (χ0) is 16.6. The zero-order valence-electron chi connectivity index (χ0n) is 12.3. The lowest BCUT2D eigenvalue weighted by Crippen LogP contribution is -2.12. The maximum atomic E-state index is 11.4. The predicted molar refractivity (Wildman–Crippen MR) is 85.7 cm³/mol. The van der Waals surface area contributed by atoms with Crippen LogP contribution in [-0.2, 0) is 10.0 Å². The number of rotatable bonds is 4. The van der Waals surface area contributed by atoms with Gasteiger partial charge in [0.2, 0.25) is 15.8 Å². The van der Waals surface area contributed by atoms with Crippen molar-refractivity contribution in [1.29, 1.82) is 0 Å². The molecule has 23 heavy (non-hydrogen) atoms. The monoisotopic (exact) mass is 351 g/mol. The van der Waals surface area contributed by atoms with E-state index in [1.165, 1.54) is 25.3 Å². The molecular weight excluding hydrogens is 338 g/mol. The molecule has 0 spiro atoms. The quantitative estimate of drug-likeness (QED) is 0.773. The Kier molecular flexibility index (Phi) is 3.92.